The summed E-state index contributed by atoms with van der Waals surface area (Å²) in [5.41, 5.74) is 0. The van der Waals surface area contributed by atoms with Crippen molar-refractivity contribution in [1.29, 1.82) is 0 Å². The van der Waals surface area contributed by atoms with Crippen molar-refractivity contribution in [3.63, 3.8) is 0 Å². The molecular formula is C2H7Br2MgN. The Labute approximate surface area is 75.9 Å². The summed E-state index contributed by atoms with van der Waals surface area (Å²) in [6.07, 6.45) is 0. The number of halogens is 2. The first-order valence-corrected chi connectivity index (χ1v) is 1.00. The summed E-state index contributed by atoms with van der Waals surface area (Å²) in [5.74, 6) is 0. The third-order valence-electron chi connectivity index (χ3n) is 0. The topological polar surface area (TPSA) is 12.0 Å². The minimum Gasteiger partial charge on any atom is -1.00 e. The Morgan fingerprint density at radius 2 is 1.00 bits per heavy atom. The van der Waals surface area contributed by atoms with E-state index in [9.17, 15) is 0 Å². The Morgan fingerprint density at radius 3 is 1.00 bits per heavy atom. The van der Waals surface area contributed by atoms with Crippen LogP contribution in [0, 0.1) is 0 Å². The summed E-state index contributed by atoms with van der Waals surface area (Å²) >= 11 is 0. The van der Waals surface area contributed by atoms with E-state index < -0.39 is 0 Å². The second-order valence-corrected chi connectivity index (χ2v) is 0.500. The van der Waals surface area contributed by atoms with Gasteiger partial charge in [0.25, 0.3) is 0 Å². The van der Waals surface area contributed by atoms with Gasteiger partial charge in [0.05, 0.1) is 0 Å². The van der Waals surface area contributed by atoms with E-state index in [1.165, 1.54) is 0 Å². The van der Waals surface area contributed by atoms with Crippen molar-refractivity contribution in [3.8, 4) is 0 Å². The summed E-state index contributed by atoms with van der Waals surface area (Å²) < 4.78 is 0. The van der Waals surface area contributed by atoms with Gasteiger partial charge in [-0.3, -0.25) is 0 Å². The van der Waals surface area contributed by atoms with Gasteiger partial charge in [-0.2, -0.15) is 0 Å². The van der Waals surface area contributed by atoms with E-state index in [2.05, 4.69) is 5.32 Å². The molecule has 0 aliphatic carbocycles. The zero-order valence-corrected chi connectivity index (χ0v) is 8.55. The van der Waals surface area contributed by atoms with E-state index in [1.807, 2.05) is 14.1 Å². The van der Waals surface area contributed by atoms with Gasteiger partial charge in [0.2, 0.25) is 0 Å². The predicted octanol–water partition coefficient (Wildman–Crippen LogP) is -6.54. The molecule has 1 nitrogen and oxygen atoms in total. The van der Waals surface area contributed by atoms with Crippen molar-refractivity contribution in [3.05, 3.63) is 0 Å². The molecule has 4 heteroatoms. The van der Waals surface area contributed by atoms with Crippen molar-refractivity contribution in [2.75, 3.05) is 14.1 Å². The van der Waals surface area contributed by atoms with Crippen molar-refractivity contribution in [2.45, 2.75) is 0 Å². The first-order valence-electron chi connectivity index (χ1n) is 1.00. The van der Waals surface area contributed by atoms with Gasteiger partial charge >= 0.3 is 23.1 Å². The second-order valence-electron chi connectivity index (χ2n) is 0.500. The van der Waals surface area contributed by atoms with Crippen LogP contribution in [0.2, 0.25) is 0 Å². The van der Waals surface area contributed by atoms with E-state index in [-0.39, 0.29) is 57.0 Å². The Balaban J connectivity index is -0.00000000667. The fourth-order valence-electron chi connectivity index (χ4n) is 0. The molecule has 0 aromatic rings. The van der Waals surface area contributed by atoms with Crippen LogP contribution in [0.4, 0.5) is 0 Å². The molecule has 0 bridgehead atoms. The first kappa shape index (κ1) is 25.3. The van der Waals surface area contributed by atoms with E-state index in [4.69, 9.17) is 0 Å². The standard InChI is InChI=1S/C2H7N.2BrH.Mg/c1-3-2;;;/h3H,1-2H3;2*1H;/q;;;+2/p-2. The van der Waals surface area contributed by atoms with Gasteiger partial charge in [-0.15, -0.1) is 0 Å². The average molecular weight is 229 g/mol. The normalized spacial score (nSPS) is 3.00. The maximum absolute atomic E-state index is 2.75. The smallest absolute Gasteiger partial charge is 1.00 e. The quantitative estimate of drug-likeness (QED) is 0.407. The van der Waals surface area contributed by atoms with Gasteiger partial charge in [0.15, 0.2) is 0 Å². The van der Waals surface area contributed by atoms with Crippen molar-refractivity contribution in [1.82, 2.24) is 5.32 Å². The Bertz CT molecular complexity index is 11.5. The fourth-order valence-corrected chi connectivity index (χ4v) is 0. The van der Waals surface area contributed by atoms with Crippen molar-refractivity contribution in [2.24, 2.45) is 0 Å². The summed E-state index contributed by atoms with van der Waals surface area (Å²) in [4.78, 5) is 0. The average Bonchev–Trinajstić information content (AvgIpc) is 0.918. The van der Waals surface area contributed by atoms with Crippen LogP contribution >= 0.6 is 0 Å². The third-order valence-corrected chi connectivity index (χ3v) is 0. The second kappa shape index (κ2) is 30.0. The molecule has 0 radical (unpaired) electrons. The zero-order valence-electron chi connectivity index (χ0n) is 3.96. The van der Waals surface area contributed by atoms with Crippen molar-refractivity contribution >= 4 is 23.1 Å². The van der Waals surface area contributed by atoms with Gasteiger partial charge in [0.1, 0.15) is 0 Å². The van der Waals surface area contributed by atoms with Crippen LogP contribution in [0.15, 0.2) is 0 Å². The molecule has 0 amide bonds. The monoisotopic (exact) mass is 227 g/mol. The number of rotatable bonds is 0. The van der Waals surface area contributed by atoms with Crippen molar-refractivity contribution < 1.29 is 34.0 Å². The van der Waals surface area contributed by atoms with Gasteiger partial charge in [-0.05, 0) is 14.1 Å². The summed E-state index contributed by atoms with van der Waals surface area (Å²) in [7, 11) is 3.75. The molecule has 6 heavy (non-hydrogen) atoms. The summed E-state index contributed by atoms with van der Waals surface area (Å²) in [6.45, 7) is 0. The predicted molar refractivity (Wildman–Crippen MR) is 20.7 cm³/mol. The molecule has 0 saturated carbocycles. The molecule has 0 atom stereocenters. The Kier molecular flexibility index (Phi) is 126. The zero-order chi connectivity index (χ0) is 2.71. The van der Waals surface area contributed by atoms with E-state index >= 15 is 0 Å². The maximum Gasteiger partial charge on any atom is 2.00 e. The van der Waals surface area contributed by atoms with Crippen LogP contribution in [0.25, 0.3) is 0 Å². The molecule has 0 spiro atoms. The molecular weight excluding hydrogens is 222 g/mol. The Hall–Kier alpha value is 1.69. The van der Waals surface area contributed by atoms with E-state index in [1.54, 1.807) is 0 Å². The first-order chi connectivity index (χ1) is 1.41. The van der Waals surface area contributed by atoms with Crippen LogP contribution in [0.5, 0.6) is 0 Å². The van der Waals surface area contributed by atoms with Gasteiger partial charge in [-0.25, -0.2) is 0 Å². The molecule has 0 aromatic heterocycles. The molecule has 0 saturated heterocycles. The molecule has 0 aliphatic heterocycles. The largest absolute Gasteiger partial charge is 2.00 e. The fraction of sp³-hybridized carbons (Fsp3) is 1.00. The summed E-state index contributed by atoms with van der Waals surface area (Å²) in [6, 6.07) is 0. The van der Waals surface area contributed by atoms with E-state index in [0.717, 1.165) is 0 Å². The van der Waals surface area contributed by atoms with Crippen LogP contribution in [-0.2, 0) is 0 Å². The molecule has 0 fully saturated rings. The number of hydrogen-bond acceptors (Lipinski definition) is 1. The van der Waals surface area contributed by atoms with E-state index in [0.29, 0.717) is 0 Å². The molecule has 36 valence electrons. The molecule has 0 heterocycles. The van der Waals surface area contributed by atoms with Crippen LogP contribution in [-0.4, -0.2) is 37.1 Å². The summed E-state index contributed by atoms with van der Waals surface area (Å²) in [5, 5.41) is 2.75. The van der Waals surface area contributed by atoms with Crippen LogP contribution in [0.1, 0.15) is 0 Å². The minimum absolute atomic E-state index is 0. The van der Waals surface area contributed by atoms with Gasteiger partial charge in [0, 0.05) is 0 Å². The molecule has 0 unspecified atom stereocenters. The Morgan fingerprint density at radius 1 is 1.00 bits per heavy atom. The van der Waals surface area contributed by atoms with Gasteiger partial charge < -0.3 is 39.3 Å². The SMILES string of the molecule is CNC.[Br-].[Br-].[Mg+2]. The molecule has 0 aliphatic rings. The van der Waals surface area contributed by atoms with Gasteiger partial charge in [-0.1, -0.05) is 0 Å². The number of hydrogen-bond donors (Lipinski definition) is 1. The molecule has 0 aromatic carbocycles. The molecule has 1 N–H and O–H groups in total. The minimum atomic E-state index is 0. The van der Waals surface area contributed by atoms with Crippen LogP contribution in [0.3, 0.4) is 0 Å². The van der Waals surface area contributed by atoms with Crippen LogP contribution < -0.4 is 39.3 Å². The number of nitrogens with one attached hydrogen (secondary N) is 1. The third kappa shape index (κ3) is 43.9. The molecule has 0 rings (SSSR count). The maximum atomic E-state index is 2.75.